The van der Waals surface area contributed by atoms with Crippen molar-refractivity contribution < 1.29 is 4.42 Å². The molecule has 0 unspecified atom stereocenters. The molecule has 0 aliphatic rings. The van der Waals surface area contributed by atoms with Gasteiger partial charge in [0.25, 0.3) is 0 Å². The van der Waals surface area contributed by atoms with E-state index in [-0.39, 0.29) is 0 Å². The lowest BCUT2D eigenvalue weighted by Crippen LogP contribution is -1.95. The predicted octanol–water partition coefficient (Wildman–Crippen LogP) is 9.18. The van der Waals surface area contributed by atoms with E-state index < -0.39 is 0 Å². The molecule has 9 rings (SSSR count). The Labute approximate surface area is 222 Å². The molecule has 0 bridgehead atoms. The van der Waals surface area contributed by atoms with Gasteiger partial charge < -0.3 is 13.6 Å². The normalized spacial score (nSPS) is 12.1. The quantitative estimate of drug-likeness (QED) is 0.238. The van der Waals surface area contributed by atoms with Crippen LogP contribution in [0.3, 0.4) is 0 Å². The van der Waals surface area contributed by atoms with Gasteiger partial charge in [-0.1, -0.05) is 54.6 Å². The fourth-order valence-electron chi connectivity index (χ4n) is 6.39. The van der Waals surface area contributed by atoms with Gasteiger partial charge in [0.15, 0.2) is 5.58 Å². The van der Waals surface area contributed by atoms with Gasteiger partial charge >= 0.3 is 0 Å². The van der Waals surface area contributed by atoms with E-state index in [4.69, 9.17) is 4.42 Å². The molecule has 5 aromatic carbocycles. The molecule has 9 aromatic rings. The summed E-state index contributed by atoms with van der Waals surface area (Å²) < 4.78 is 11.3. The van der Waals surface area contributed by atoms with Crippen molar-refractivity contribution >= 4 is 65.7 Å². The fourth-order valence-corrected chi connectivity index (χ4v) is 6.39. The lowest BCUT2D eigenvalue weighted by molar-refractivity contribution is 0.672. The highest BCUT2D eigenvalue weighted by atomic mass is 16.3. The van der Waals surface area contributed by atoms with E-state index in [9.17, 15) is 0 Å². The zero-order valence-electron chi connectivity index (χ0n) is 20.9. The highest BCUT2D eigenvalue weighted by Gasteiger charge is 2.23. The minimum absolute atomic E-state index is 0.808. The summed E-state index contributed by atoms with van der Waals surface area (Å²) in [5, 5.41) is 5.78. The van der Waals surface area contributed by atoms with E-state index in [2.05, 4.69) is 123 Å². The van der Waals surface area contributed by atoms with Crippen molar-refractivity contribution in [1.82, 2.24) is 14.1 Å². The predicted molar refractivity (Wildman–Crippen MR) is 160 cm³/mol. The molecule has 0 aliphatic heterocycles. The van der Waals surface area contributed by atoms with E-state index in [0.29, 0.717) is 0 Å². The molecule has 0 radical (unpaired) electrons. The first-order chi connectivity index (χ1) is 19.4. The van der Waals surface area contributed by atoms with Gasteiger partial charge in [-0.25, -0.2) is 0 Å². The average molecular weight is 500 g/mol. The largest absolute Gasteiger partial charge is 0.454 e. The molecule has 182 valence electrons. The molecule has 4 nitrogen and oxygen atoms in total. The smallest absolute Gasteiger partial charge is 0.153 e. The first-order valence-corrected chi connectivity index (χ1v) is 13.2. The number of hydrogen-bond acceptors (Lipinski definition) is 2. The second kappa shape index (κ2) is 7.59. The lowest BCUT2D eigenvalue weighted by Gasteiger charge is -2.10. The first-order valence-electron chi connectivity index (χ1n) is 13.2. The number of para-hydroxylation sites is 3. The maximum Gasteiger partial charge on any atom is 0.153 e. The number of pyridine rings is 1. The van der Waals surface area contributed by atoms with Crippen LogP contribution >= 0.6 is 0 Å². The van der Waals surface area contributed by atoms with Gasteiger partial charge in [0.2, 0.25) is 0 Å². The van der Waals surface area contributed by atoms with Crippen molar-refractivity contribution in [3.8, 4) is 11.4 Å². The van der Waals surface area contributed by atoms with Crippen LogP contribution in [0, 0.1) is 0 Å². The topological polar surface area (TPSA) is 35.9 Å². The van der Waals surface area contributed by atoms with Crippen LogP contribution in [0.4, 0.5) is 0 Å². The van der Waals surface area contributed by atoms with Crippen LogP contribution < -0.4 is 0 Å². The Morgan fingerprint density at radius 3 is 1.95 bits per heavy atom. The zero-order chi connectivity index (χ0) is 25.5. The third kappa shape index (κ3) is 2.70. The van der Waals surface area contributed by atoms with E-state index in [0.717, 1.165) is 44.3 Å². The van der Waals surface area contributed by atoms with Crippen molar-refractivity contribution in [3.05, 3.63) is 128 Å². The standard InChI is InChI=1S/C35H21N3O/c1-3-10-22(11-4-1)37-27-15-8-7-14-24(27)31-28(37)19-17-25-32-29(38(34(25)31)23-12-5-2-6-13-23)20-18-26-33-30(39-35(26)32)16-9-21-36-33/h1-21H. The van der Waals surface area contributed by atoms with E-state index in [1.807, 2.05) is 18.3 Å². The van der Waals surface area contributed by atoms with Crippen molar-refractivity contribution in [2.24, 2.45) is 0 Å². The minimum atomic E-state index is 0.808. The Kier molecular flexibility index (Phi) is 4.02. The van der Waals surface area contributed by atoms with Gasteiger partial charge in [-0.15, -0.1) is 0 Å². The first kappa shape index (κ1) is 20.7. The summed E-state index contributed by atoms with van der Waals surface area (Å²) in [6.07, 6.45) is 1.83. The Morgan fingerprint density at radius 2 is 1.15 bits per heavy atom. The number of hydrogen-bond donors (Lipinski definition) is 0. The molecule has 0 fully saturated rings. The number of aromatic nitrogens is 3. The summed E-state index contributed by atoms with van der Waals surface area (Å²) in [4.78, 5) is 4.65. The number of benzene rings is 5. The van der Waals surface area contributed by atoms with Crippen LogP contribution in [-0.4, -0.2) is 14.1 Å². The van der Waals surface area contributed by atoms with Crippen LogP contribution in [0.25, 0.3) is 77.1 Å². The van der Waals surface area contributed by atoms with Crippen molar-refractivity contribution in [2.45, 2.75) is 0 Å². The summed E-state index contributed by atoms with van der Waals surface area (Å²) in [5.41, 5.74) is 9.52. The molecule has 0 amide bonds. The third-order valence-corrected chi connectivity index (χ3v) is 7.95. The fraction of sp³-hybridized carbons (Fsp3) is 0. The number of fused-ring (bicyclic) bond motifs is 11. The van der Waals surface area contributed by atoms with Crippen molar-refractivity contribution in [3.63, 3.8) is 0 Å². The van der Waals surface area contributed by atoms with Crippen LogP contribution in [-0.2, 0) is 0 Å². The number of furan rings is 1. The van der Waals surface area contributed by atoms with Gasteiger partial charge in [-0.2, -0.15) is 0 Å². The molecule has 0 spiro atoms. The Morgan fingerprint density at radius 1 is 0.487 bits per heavy atom. The molecular weight excluding hydrogens is 478 g/mol. The molecule has 0 N–H and O–H groups in total. The van der Waals surface area contributed by atoms with Gasteiger partial charge in [0.05, 0.1) is 27.5 Å². The van der Waals surface area contributed by atoms with E-state index in [1.165, 1.54) is 32.7 Å². The van der Waals surface area contributed by atoms with Gasteiger partial charge in [0.1, 0.15) is 11.1 Å². The summed E-state index contributed by atoms with van der Waals surface area (Å²) in [6.45, 7) is 0. The summed E-state index contributed by atoms with van der Waals surface area (Å²) >= 11 is 0. The lowest BCUT2D eigenvalue weighted by atomic mass is 10.1. The molecular formula is C35H21N3O. The second-order valence-corrected chi connectivity index (χ2v) is 10.0. The Hall–Kier alpha value is -5.35. The van der Waals surface area contributed by atoms with Gasteiger partial charge in [-0.3, -0.25) is 4.98 Å². The zero-order valence-corrected chi connectivity index (χ0v) is 20.9. The second-order valence-electron chi connectivity index (χ2n) is 10.0. The maximum absolute atomic E-state index is 6.52. The molecule has 4 aromatic heterocycles. The number of rotatable bonds is 2. The molecule has 0 saturated heterocycles. The minimum Gasteiger partial charge on any atom is -0.454 e. The number of nitrogens with zero attached hydrogens (tertiary/aromatic N) is 3. The van der Waals surface area contributed by atoms with E-state index >= 15 is 0 Å². The summed E-state index contributed by atoms with van der Waals surface area (Å²) in [6, 6.07) is 42.8. The van der Waals surface area contributed by atoms with Crippen molar-refractivity contribution in [2.75, 3.05) is 0 Å². The van der Waals surface area contributed by atoms with Gasteiger partial charge in [0, 0.05) is 39.1 Å². The van der Waals surface area contributed by atoms with Crippen molar-refractivity contribution in [1.29, 1.82) is 0 Å². The summed E-state index contributed by atoms with van der Waals surface area (Å²) in [7, 11) is 0. The van der Waals surface area contributed by atoms with Crippen LogP contribution in [0.15, 0.2) is 132 Å². The third-order valence-electron chi connectivity index (χ3n) is 7.95. The van der Waals surface area contributed by atoms with E-state index in [1.54, 1.807) is 0 Å². The molecule has 4 heteroatoms. The maximum atomic E-state index is 6.52. The molecule has 39 heavy (non-hydrogen) atoms. The monoisotopic (exact) mass is 499 g/mol. The van der Waals surface area contributed by atoms with Gasteiger partial charge in [-0.05, 0) is 66.7 Å². The van der Waals surface area contributed by atoms with Crippen LogP contribution in [0.2, 0.25) is 0 Å². The average Bonchev–Trinajstić information content (AvgIpc) is 3.65. The molecule has 4 heterocycles. The highest BCUT2D eigenvalue weighted by Crippen LogP contribution is 2.45. The Balaban J connectivity index is 1.57. The molecule has 0 saturated carbocycles. The SMILES string of the molecule is c1ccc(-n2c3ccccc3c3c2ccc2c4c5oc6cccnc6c5ccc4n(-c4ccccc4)c23)cc1. The molecule has 0 atom stereocenters. The Bertz CT molecular complexity index is 2370. The highest BCUT2D eigenvalue weighted by molar-refractivity contribution is 6.30. The van der Waals surface area contributed by atoms with Crippen LogP contribution in [0.5, 0.6) is 0 Å². The summed E-state index contributed by atoms with van der Waals surface area (Å²) in [5.74, 6) is 0. The molecule has 0 aliphatic carbocycles. The van der Waals surface area contributed by atoms with Crippen LogP contribution in [0.1, 0.15) is 0 Å².